The minimum Gasteiger partial charge on any atom is -0.467 e. The number of hydrogen-bond acceptors (Lipinski definition) is 7. The predicted molar refractivity (Wildman–Crippen MR) is 128 cm³/mol. The van der Waals surface area contributed by atoms with Crippen molar-refractivity contribution in [3.8, 4) is 0 Å². The highest BCUT2D eigenvalue weighted by Crippen LogP contribution is 2.21. The molecule has 3 aromatic rings. The molecule has 188 valence electrons. The zero-order chi connectivity index (χ0) is 24.8. The molecule has 1 aliphatic rings. The fraction of sp³-hybridized carbons (Fsp3) is 0.520. The Kier molecular flexibility index (Phi) is 8.02. The number of likely N-dealkylation sites (N-methyl/N-ethyl adjacent to an activating group) is 2. The van der Waals surface area contributed by atoms with E-state index in [2.05, 4.69) is 21.7 Å². The van der Waals surface area contributed by atoms with E-state index in [1.165, 1.54) is 0 Å². The van der Waals surface area contributed by atoms with Crippen LogP contribution in [0.3, 0.4) is 0 Å². The quantitative estimate of drug-likeness (QED) is 0.413. The minimum atomic E-state index is -0.0575. The highest BCUT2D eigenvalue weighted by Gasteiger charge is 2.27. The molecule has 0 radical (unpaired) electrons. The van der Waals surface area contributed by atoms with Crippen LogP contribution in [0.5, 0.6) is 0 Å². The molecule has 4 rings (SSSR count). The van der Waals surface area contributed by atoms with Gasteiger partial charge >= 0.3 is 0 Å². The first-order valence-electron chi connectivity index (χ1n) is 12.1. The number of aryl methyl sites for hydroxylation is 2. The molecular formula is C25H34N6O4. The average molecular weight is 483 g/mol. The third-order valence-electron chi connectivity index (χ3n) is 6.47. The molecule has 1 unspecified atom stereocenters. The molecule has 0 fully saturated rings. The first-order valence-corrected chi connectivity index (χ1v) is 12.1. The molecule has 35 heavy (non-hydrogen) atoms. The van der Waals surface area contributed by atoms with Gasteiger partial charge in [-0.15, -0.1) is 10.2 Å². The van der Waals surface area contributed by atoms with Crippen molar-refractivity contribution in [3.05, 3.63) is 60.0 Å². The van der Waals surface area contributed by atoms with E-state index in [-0.39, 0.29) is 24.9 Å². The summed E-state index contributed by atoms with van der Waals surface area (Å²) < 4.78 is 13.0. The maximum atomic E-state index is 13.1. The number of carbonyl (C=O) groups is 2. The smallest absolute Gasteiger partial charge is 0.236 e. The molecule has 4 heterocycles. The van der Waals surface area contributed by atoms with Crippen LogP contribution in [0, 0.1) is 5.92 Å². The maximum absolute atomic E-state index is 13.1. The summed E-state index contributed by atoms with van der Waals surface area (Å²) in [6, 6.07) is 7.30. The lowest BCUT2D eigenvalue weighted by molar-refractivity contribution is -0.135. The molecule has 10 heteroatoms. The number of rotatable bonds is 11. The van der Waals surface area contributed by atoms with Gasteiger partial charge in [0.2, 0.25) is 11.8 Å². The normalized spacial score (nSPS) is 15.3. The molecule has 1 aliphatic heterocycles. The summed E-state index contributed by atoms with van der Waals surface area (Å²) in [5, 5.41) is 8.62. The van der Waals surface area contributed by atoms with Crippen LogP contribution in [-0.2, 0) is 42.1 Å². The fourth-order valence-corrected chi connectivity index (χ4v) is 4.48. The van der Waals surface area contributed by atoms with E-state index < -0.39 is 0 Å². The van der Waals surface area contributed by atoms with Gasteiger partial charge in [0.05, 0.1) is 38.7 Å². The molecule has 0 saturated carbocycles. The molecular weight excluding hydrogens is 448 g/mol. The van der Waals surface area contributed by atoms with Gasteiger partial charge in [0, 0.05) is 40.0 Å². The largest absolute Gasteiger partial charge is 0.467 e. The topological polar surface area (TPSA) is 101 Å². The van der Waals surface area contributed by atoms with Crippen molar-refractivity contribution in [2.75, 3.05) is 33.7 Å². The molecule has 0 N–H and O–H groups in total. The van der Waals surface area contributed by atoms with E-state index in [1.807, 2.05) is 17.0 Å². The van der Waals surface area contributed by atoms with Crippen LogP contribution in [0.25, 0.3) is 0 Å². The summed E-state index contributed by atoms with van der Waals surface area (Å²) >= 11 is 0. The van der Waals surface area contributed by atoms with E-state index in [0.717, 1.165) is 49.0 Å². The number of furan rings is 2. The summed E-state index contributed by atoms with van der Waals surface area (Å²) in [6.45, 7) is 4.61. The van der Waals surface area contributed by atoms with E-state index in [9.17, 15) is 9.59 Å². The monoisotopic (exact) mass is 482 g/mol. The van der Waals surface area contributed by atoms with Gasteiger partial charge in [-0.3, -0.25) is 14.5 Å². The van der Waals surface area contributed by atoms with Gasteiger partial charge in [0.25, 0.3) is 0 Å². The van der Waals surface area contributed by atoms with Crippen molar-refractivity contribution < 1.29 is 18.4 Å². The van der Waals surface area contributed by atoms with Crippen molar-refractivity contribution in [3.63, 3.8) is 0 Å². The van der Waals surface area contributed by atoms with Gasteiger partial charge in [-0.2, -0.15) is 0 Å². The Hall–Kier alpha value is -3.40. The Balaban J connectivity index is 1.42. The van der Waals surface area contributed by atoms with Gasteiger partial charge in [0.15, 0.2) is 0 Å². The summed E-state index contributed by atoms with van der Waals surface area (Å²) in [6.07, 6.45) is 5.83. The first-order chi connectivity index (χ1) is 16.9. The molecule has 2 amide bonds. The van der Waals surface area contributed by atoms with Crippen molar-refractivity contribution >= 4 is 11.8 Å². The van der Waals surface area contributed by atoms with Crippen molar-refractivity contribution in [1.29, 1.82) is 0 Å². The molecule has 0 aromatic carbocycles. The number of aromatic nitrogens is 3. The van der Waals surface area contributed by atoms with Crippen LogP contribution in [0.4, 0.5) is 0 Å². The van der Waals surface area contributed by atoms with Gasteiger partial charge < -0.3 is 23.2 Å². The van der Waals surface area contributed by atoms with Crippen LogP contribution >= 0.6 is 0 Å². The number of nitrogens with zero attached hydrogens (tertiary/aromatic N) is 6. The Morgan fingerprint density at radius 2 is 1.60 bits per heavy atom. The fourth-order valence-electron chi connectivity index (χ4n) is 4.48. The summed E-state index contributed by atoms with van der Waals surface area (Å²) in [5.41, 5.74) is 0. The zero-order valence-electron chi connectivity index (χ0n) is 20.7. The van der Waals surface area contributed by atoms with Gasteiger partial charge in [-0.1, -0.05) is 6.92 Å². The van der Waals surface area contributed by atoms with Gasteiger partial charge in [-0.05, 0) is 36.6 Å². The lowest BCUT2D eigenvalue weighted by Crippen LogP contribution is -2.46. The molecule has 1 atom stereocenters. The van der Waals surface area contributed by atoms with E-state index in [4.69, 9.17) is 8.83 Å². The summed E-state index contributed by atoms with van der Waals surface area (Å²) in [4.78, 5) is 31.4. The Labute approximate surface area is 205 Å². The number of hydrogen-bond donors (Lipinski definition) is 0. The highest BCUT2D eigenvalue weighted by atomic mass is 16.3. The van der Waals surface area contributed by atoms with Crippen molar-refractivity contribution in [2.45, 2.75) is 45.8 Å². The Morgan fingerprint density at radius 3 is 2.11 bits per heavy atom. The highest BCUT2D eigenvalue weighted by molar-refractivity contribution is 5.81. The first kappa shape index (κ1) is 24.7. The van der Waals surface area contributed by atoms with Crippen LogP contribution < -0.4 is 0 Å². The van der Waals surface area contributed by atoms with Crippen molar-refractivity contribution in [1.82, 2.24) is 29.5 Å². The minimum absolute atomic E-state index is 0.0575. The summed E-state index contributed by atoms with van der Waals surface area (Å²) in [5.74, 6) is 3.64. The molecule has 3 aromatic heterocycles. The van der Waals surface area contributed by atoms with E-state index in [0.29, 0.717) is 25.6 Å². The molecule has 0 saturated heterocycles. The zero-order valence-corrected chi connectivity index (χ0v) is 20.7. The van der Waals surface area contributed by atoms with Crippen LogP contribution in [0.15, 0.2) is 45.6 Å². The van der Waals surface area contributed by atoms with Crippen LogP contribution in [0.1, 0.15) is 36.5 Å². The lowest BCUT2D eigenvalue weighted by atomic mass is 9.98. The SMILES string of the molecule is CCc1nnc2n1CC(CN(CC(=O)N(C)Cc1ccco1)CC(=O)N(C)Cc1ccco1)CC2. The Bertz CT molecular complexity index is 1020. The molecule has 0 aliphatic carbocycles. The average Bonchev–Trinajstić information content (AvgIpc) is 3.61. The summed E-state index contributed by atoms with van der Waals surface area (Å²) in [7, 11) is 3.51. The van der Waals surface area contributed by atoms with Crippen LogP contribution in [-0.4, -0.2) is 75.0 Å². The second-order valence-corrected chi connectivity index (χ2v) is 9.23. The third-order valence-corrected chi connectivity index (χ3v) is 6.47. The number of amides is 2. The van der Waals surface area contributed by atoms with Gasteiger partial charge in [-0.25, -0.2) is 0 Å². The Morgan fingerprint density at radius 1 is 1.00 bits per heavy atom. The third kappa shape index (κ3) is 6.39. The number of carbonyl (C=O) groups excluding carboxylic acids is 2. The molecule has 10 nitrogen and oxygen atoms in total. The predicted octanol–water partition coefficient (Wildman–Crippen LogP) is 2.21. The van der Waals surface area contributed by atoms with E-state index >= 15 is 0 Å². The molecule has 0 spiro atoms. The second kappa shape index (κ2) is 11.4. The lowest BCUT2D eigenvalue weighted by Gasteiger charge is -2.31. The van der Waals surface area contributed by atoms with Crippen LogP contribution in [0.2, 0.25) is 0 Å². The van der Waals surface area contributed by atoms with Gasteiger partial charge in [0.1, 0.15) is 23.2 Å². The maximum Gasteiger partial charge on any atom is 0.236 e. The van der Waals surface area contributed by atoms with E-state index in [1.54, 1.807) is 48.6 Å². The standard InChI is InChI=1S/C25H34N6O4/c1-4-22-26-27-23-10-9-19(14-31(22)23)13-30(17-24(32)28(2)15-20-7-5-11-34-20)18-25(33)29(3)16-21-8-6-12-35-21/h5-8,11-12,19H,4,9-10,13-18H2,1-3H3. The second-order valence-electron chi connectivity index (χ2n) is 9.23. The number of fused-ring (bicyclic) bond motifs is 1. The van der Waals surface area contributed by atoms with Crippen molar-refractivity contribution in [2.24, 2.45) is 5.92 Å². The molecule has 0 bridgehead atoms.